The largest absolute Gasteiger partial charge is 0.289 e. The minimum absolute atomic E-state index is 0.270. The summed E-state index contributed by atoms with van der Waals surface area (Å²) in [5.74, 6) is -0.270. The van der Waals surface area contributed by atoms with Crippen molar-refractivity contribution in [3.05, 3.63) is 12.2 Å². The first kappa shape index (κ1) is 21.2. The normalized spacial score (nSPS) is 11.2. The van der Waals surface area contributed by atoms with E-state index in [9.17, 15) is 4.79 Å². The first-order chi connectivity index (χ1) is 10.8. The Morgan fingerprint density at radius 1 is 0.773 bits per heavy atom. The van der Waals surface area contributed by atoms with E-state index in [0.717, 1.165) is 12.8 Å². The summed E-state index contributed by atoms with van der Waals surface area (Å²) in [6.45, 7) is 2.26. The number of hydrogen-bond acceptors (Lipinski definition) is 2. The van der Waals surface area contributed by atoms with Gasteiger partial charge < -0.3 is 0 Å². The molecular weight excluding hydrogens is 274 g/mol. The van der Waals surface area contributed by atoms with Gasteiger partial charge in [0.05, 0.1) is 0 Å². The molecule has 1 amide bonds. The van der Waals surface area contributed by atoms with Gasteiger partial charge in [-0.3, -0.25) is 10.0 Å². The number of allylic oxidation sites excluding steroid dienone is 2. The van der Waals surface area contributed by atoms with Gasteiger partial charge >= 0.3 is 0 Å². The van der Waals surface area contributed by atoms with Crippen LogP contribution < -0.4 is 5.48 Å². The van der Waals surface area contributed by atoms with E-state index in [0.29, 0.717) is 6.42 Å². The minimum Gasteiger partial charge on any atom is -0.289 e. The fraction of sp³-hybridized carbons (Fsp3) is 0.842. The molecule has 0 atom stereocenters. The second kappa shape index (κ2) is 18.2. The van der Waals surface area contributed by atoms with Crippen LogP contribution in [-0.2, 0) is 4.79 Å². The number of rotatable bonds is 16. The molecule has 0 fully saturated rings. The Kier molecular flexibility index (Phi) is 17.5. The summed E-state index contributed by atoms with van der Waals surface area (Å²) in [5, 5.41) is 8.35. The Morgan fingerprint density at radius 3 is 1.73 bits per heavy atom. The molecule has 0 aromatic heterocycles. The third kappa shape index (κ3) is 17.2. The number of hydroxylamine groups is 1. The maximum atomic E-state index is 10.8. The lowest BCUT2D eigenvalue weighted by molar-refractivity contribution is -0.129. The van der Waals surface area contributed by atoms with E-state index in [-0.39, 0.29) is 5.91 Å². The number of hydrogen-bond donors (Lipinski definition) is 2. The standard InChI is InChI=1S/C19H37NO2/c1-2-3-4-5-6-7-8-9-10-11-12-13-14-15-16-17-18-19(21)20-22/h10-11,22H,2-9,12-18H2,1H3,(H,20,21)/b11-10-. The lowest BCUT2D eigenvalue weighted by Crippen LogP contribution is -2.17. The van der Waals surface area contributed by atoms with Gasteiger partial charge in [0.2, 0.25) is 5.91 Å². The average molecular weight is 312 g/mol. The van der Waals surface area contributed by atoms with Crippen molar-refractivity contribution in [2.24, 2.45) is 0 Å². The highest BCUT2D eigenvalue weighted by Gasteiger charge is 1.97. The summed E-state index contributed by atoms with van der Waals surface area (Å²) in [7, 11) is 0. The summed E-state index contributed by atoms with van der Waals surface area (Å²) in [5.41, 5.74) is 1.67. The van der Waals surface area contributed by atoms with Gasteiger partial charge in [0.1, 0.15) is 0 Å². The van der Waals surface area contributed by atoms with Crippen LogP contribution in [0.15, 0.2) is 12.2 Å². The Hall–Kier alpha value is -0.830. The second-order valence-corrected chi connectivity index (χ2v) is 6.22. The van der Waals surface area contributed by atoms with Gasteiger partial charge in [-0.25, -0.2) is 5.48 Å². The van der Waals surface area contributed by atoms with E-state index < -0.39 is 0 Å². The van der Waals surface area contributed by atoms with Gasteiger partial charge in [-0.05, 0) is 32.1 Å². The Morgan fingerprint density at radius 2 is 1.23 bits per heavy atom. The van der Waals surface area contributed by atoms with E-state index in [4.69, 9.17) is 5.21 Å². The van der Waals surface area contributed by atoms with Crippen LogP contribution in [-0.4, -0.2) is 11.1 Å². The van der Waals surface area contributed by atoms with Gasteiger partial charge in [0.25, 0.3) is 0 Å². The molecular formula is C19H37NO2. The summed E-state index contributed by atoms with van der Waals surface area (Å²) >= 11 is 0. The highest BCUT2D eigenvalue weighted by molar-refractivity contribution is 5.74. The SMILES string of the molecule is CCCCCCCCC/C=C\CCCCCCCC(=O)NO. The quantitative estimate of drug-likeness (QED) is 0.161. The maximum absolute atomic E-state index is 10.8. The predicted molar refractivity (Wildman–Crippen MR) is 94.0 cm³/mol. The van der Waals surface area contributed by atoms with Crippen LogP contribution in [0.25, 0.3) is 0 Å². The number of nitrogens with one attached hydrogen (secondary N) is 1. The molecule has 130 valence electrons. The molecule has 0 radical (unpaired) electrons. The van der Waals surface area contributed by atoms with Crippen LogP contribution in [0.2, 0.25) is 0 Å². The molecule has 0 spiro atoms. The summed E-state index contributed by atoms with van der Waals surface area (Å²) in [6.07, 6.45) is 22.9. The predicted octanol–water partition coefficient (Wildman–Crippen LogP) is 5.92. The molecule has 0 bridgehead atoms. The number of carbonyl (C=O) groups is 1. The highest BCUT2D eigenvalue weighted by atomic mass is 16.5. The topological polar surface area (TPSA) is 49.3 Å². The molecule has 2 N–H and O–H groups in total. The summed E-state index contributed by atoms with van der Waals surface area (Å²) < 4.78 is 0. The number of amides is 1. The van der Waals surface area contributed by atoms with Crippen molar-refractivity contribution in [3.63, 3.8) is 0 Å². The monoisotopic (exact) mass is 311 g/mol. The van der Waals surface area contributed by atoms with E-state index in [1.54, 1.807) is 5.48 Å². The van der Waals surface area contributed by atoms with Crippen LogP contribution in [0.5, 0.6) is 0 Å². The molecule has 3 heteroatoms. The lowest BCUT2D eigenvalue weighted by Gasteiger charge is -2.00. The van der Waals surface area contributed by atoms with Crippen molar-refractivity contribution in [1.82, 2.24) is 5.48 Å². The molecule has 3 nitrogen and oxygen atoms in total. The van der Waals surface area contributed by atoms with Crippen LogP contribution in [0.3, 0.4) is 0 Å². The number of carbonyl (C=O) groups excluding carboxylic acids is 1. The molecule has 0 aromatic carbocycles. The van der Waals surface area contributed by atoms with Crippen molar-refractivity contribution in [3.8, 4) is 0 Å². The molecule has 0 heterocycles. The highest BCUT2D eigenvalue weighted by Crippen LogP contribution is 2.10. The van der Waals surface area contributed by atoms with E-state index in [1.807, 2.05) is 0 Å². The van der Waals surface area contributed by atoms with E-state index in [2.05, 4.69) is 19.1 Å². The molecule has 0 unspecified atom stereocenters. The van der Waals surface area contributed by atoms with Gasteiger partial charge in [-0.1, -0.05) is 76.9 Å². The molecule has 0 saturated carbocycles. The smallest absolute Gasteiger partial charge is 0.243 e. The second-order valence-electron chi connectivity index (χ2n) is 6.22. The third-order valence-electron chi connectivity index (χ3n) is 4.04. The van der Waals surface area contributed by atoms with Crippen LogP contribution in [0.1, 0.15) is 103 Å². The molecule has 0 aromatic rings. The van der Waals surface area contributed by atoms with Crippen LogP contribution in [0, 0.1) is 0 Å². The minimum atomic E-state index is -0.270. The van der Waals surface area contributed by atoms with Gasteiger partial charge in [0, 0.05) is 6.42 Å². The molecule has 0 aliphatic carbocycles. The third-order valence-corrected chi connectivity index (χ3v) is 4.04. The maximum Gasteiger partial charge on any atom is 0.243 e. The fourth-order valence-electron chi connectivity index (χ4n) is 2.59. The van der Waals surface area contributed by atoms with Crippen molar-refractivity contribution in [2.75, 3.05) is 0 Å². The molecule has 0 saturated heterocycles. The lowest BCUT2D eigenvalue weighted by atomic mass is 10.1. The van der Waals surface area contributed by atoms with Gasteiger partial charge in [0.15, 0.2) is 0 Å². The fourth-order valence-corrected chi connectivity index (χ4v) is 2.59. The van der Waals surface area contributed by atoms with Gasteiger partial charge in [-0.15, -0.1) is 0 Å². The number of unbranched alkanes of at least 4 members (excludes halogenated alkanes) is 12. The van der Waals surface area contributed by atoms with E-state index >= 15 is 0 Å². The zero-order chi connectivity index (χ0) is 16.3. The van der Waals surface area contributed by atoms with Crippen LogP contribution in [0.4, 0.5) is 0 Å². The molecule has 0 aliphatic heterocycles. The molecule has 0 aliphatic rings. The van der Waals surface area contributed by atoms with E-state index in [1.165, 1.54) is 77.0 Å². The van der Waals surface area contributed by atoms with Crippen molar-refractivity contribution in [2.45, 2.75) is 103 Å². The first-order valence-electron chi connectivity index (χ1n) is 9.39. The van der Waals surface area contributed by atoms with Crippen molar-refractivity contribution >= 4 is 5.91 Å². The Bertz CT molecular complexity index is 264. The molecule has 22 heavy (non-hydrogen) atoms. The zero-order valence-electron chi connectivity index (χ0n) is 14.6. The van der Waals surface area contributed by atoms with Crippen molar-refractivity contribution < 1.29 is 10.0 Å². The van der Waals surface area contributed by atoms with Gasteiger partial charge in [-0.2, -0.15) is 0 Å². The Labute approximate surface area is 137 Å². The summed E-state index contributed by atoms with van der Waals surface area (Å²) in [6, 6.07) is 0. The molecule has 0 rings (SSSR count). The van der Waals surface area contributed by atoms with Crippen molar-refractivity contribution in [1.29, 1.82) is 0 Å². The first-order valence-corrected chi connectivity index (χ1v) is 9.39. The van der Waals surface area contributed by atoms with Crippen LogP contribution >= 0.6 is 0 Å². The Balaban J connectivity index is 3.10. The zero-order valence-corrected chi connectivity index (χ0v) is 14.6. The summed E-state index contributed by atoms with van der Waals surface area (Å²) in [4.78, 5) is 10.8. The average Bonchev–Trinajstić information content (AvgIpc) is 2.54.